The van der Waals surface area contributed by atoms with Crippen LogP contribution in [-0.2, 0) is 30.5 Å². The molecule has 2 fully saturated rings. The van der Waals surface area contributed by atoms with Crippen molar-refractivity contribution in [1.29, 1.82) is 5.26 Å². The fourth-order valence-corrected chi connectivity index (χ4v) is 9.54. The highest BCUT2D eigenvalue weighted by atomic mass is 35.5. The Labute approximate surface area is 406 Å². The summed E-state index contributed by atoms with van der Waals surface area (Å²) in [6, 6.07) is 29.0. The summed E-state index contributed by atoms with van der Waals surface area (Å²) in [7, 11) is 0. The Bertz CT molecular complexity index is 2630. The number of thiazole rings is 1. The number of carbonyl (C=O) groups excluding carboxylic acids is 4. The van der Waals surface area contributed by atoms with Crippen LogP contribution in [0, 0.1) is 16.7 Å². The third kappa shape index (κ3) is 11.3. The molecule has 7 rings (SSSR count). The van der Waals surface area contributed by atoms with Crippen molar-refractivity contribution < 1.29 is 28.7 Å². The van der Waals surface area contributed by atoms with Crippen molar-refractivity contribution in [3.05, 3.63) is 119 Å². The molecular weight excluding hydrogens is 906 g/mol. The lowest BCUT2D eigenvalue weighted by Gasteiger charge is -2.35. The predicted octanol–water partition coefficient (Wildman–Crippen LogP) is 8.93. The first kappa shape index (κ1) is 48.7. The minimum absolute atomic E-state index is 0.193. The Balaban J connectivity index is 0.822. The van der Waals surface area contributed by atoms with Crippen LogP contribution in [0.15, 0.2) is 103 Å². The summed E-state index contributed by atoms with van der Waals surface area (Å²) in [6.07, 6.45) is 4.46. The van der Waals surface area contributed by atoms with Crippen LogP contribution in [-0.4, -0.2) is 82.6 Å². The van der Waals surface area contributed by atoms with Crippen LogP contribution in [0.3, 0.4) is 0 Å². The van der Waals surface area contributed by atoms with E-state index in [1.807, 2.05) is 125 Å². The van der Waals surface area contributed by atoms with Crippen molar-refractivity contribution in [2.24, 2.45) is 5.41 Å². The zero-order valence-electron chi connectivity index (χ0n) is 38.2. The Morgan fingerprint density at radius 3 is 2.25 bits per heavy atom. The van der Waals surface area contributed by atoms with Gasteiger partial charge in [-0.1, -0.05) is 80.9 Å². The number of aromatic nitrogens is 1. The number of unbranched alkanes of at least 4 members (excludes halogenated alkanes) is 1. The quantitative estimate of drug-likeness (QED) is 0.0682. The standard InChI is InChI=1S/C51H54ClN7O6S2/c1-50(2,3)45(47(62)57-24-8-9-42(57)46(61)55-29-33-10-12-36(13-11-33)43-30-54-32-67-43)56-44(60)31-64-25-6-7-26-65-40-22-17-35(18-23-40)34-14-19-38(20-15-34)59-49(66)58(48(63)51(59,4)5)39-21-16-37(28-53)41(52)27-39/h10-23,27,30,32,42,45H,6-9,24-26,29,31H2,1-5H3,(H,55,61)(H,56,60)/t42-,45?/m0/s1. The minimum Gasteiger partial charge on any atom is -0.494 e. The SMILES string of the molecule is CC(C)(C)C(NC(=O)COCCCCOc1ccc(-c2ccc(N3C(=S)N(c4ccc(C#N)c(Cl)c4)C(=O)C3(C)C)cc2)cc1)C(=O)N1CCC[C@H]1C(=O)NCc1ccc(-c2cncs2)cc1. The lowest BCUT2D eigenvalue weighted by atomic mass is 9.85. The highest BCUT2D eigenvalue weighted by Crippen LogP contribution is 2.38. The van der Waals surface area contributed by atoms with Crippen LogP contribution in [0.5, 0.6) is 5.75 Å². The van der Waals surface area contributed by atoms with Crippen LogP contribution < -0.4 is 25.2 Å². The topological polar surface area (TPSA) is 157 Å². The van der Waals surface area contributed by atoms with Gasteiger partial charge in [-0.25, -0.2) is 0 Å². The molecule has 16 heteroatoms. The molecule has 4 aromatic carbocycles. The highest BCUT2D eigenvalue weighted by Gasteiger charge is 2.50. The molecule has 1 unspecified atom stereocenters. The van der Waals surface area contributed by atoms with E-state index in [4.69, 9.17) is 33.3 Å². The Kier molecular flexibility index (Phi) is 15.4. The predicted molar refractivity (Wildman–Crippen MR) is 266 cm³/mol. The van der Waals surface area contributed by atoms with Gasteiger partial charge in [0.05, 0.1) is 33.3 Å². The van der Waals surface area contributed by atoms with Gasteiger partial charge in [0.25, 0.3) is 5.91 Å². The molecule has 348 valence electrons. The van der Waals surface area contributed by atoms with E-state index in [2.05, 4.69) is 15.6 Å². The third-order valence-corrected chi connectivity index (χ3v) is 13.4. The highest BCUT2D eigenvalue weighted by molar-refractivity contribution is 7.81. The summed E-state index contributed by atoms with van der Waals surface area (Å²) in [5.41, 5.74) is 5.79. The second-order valence-corrected chi connectivity index (χ2v) is 19.8. The first-order valence-corrected chi connectivity index (χ1v) is 23.9. The molecule has 3 heterocycles. The molecule has 2 aliphatic heterocycles. The molecule has 2 saturated heterocycles. The van der Waals surface area contributed by atoms with E-state index in [0.717, 1.165) is 38.6 Å². The molecule has 5 aromatic rings. The molecule has 4 amide bonds. The fraction of sp³-hybridized carbons (Fsp3) is 0.353. The number of ether oxygens (including phenoxy) is 2. The molecule has 67 heavy (non-hydrogen) atoms. The van der Waals surface area contributed by atoms with Gasteiger partial charge < -0.3 is 29.9 Å². The summed E-state index contributed by atoms with van der Waals surface area (Å²) in [4.78, 5) is 64.1. The van der Waals surface area contributed by atoms with E-state index < -0.39 is 28.9 Å². The van der Waals surface area contributed by atoms with Crippen molar-refractivity contribution in [1.82, 2.24) is 20.5 Å². The van der Waals surface area contributed by atoms with Crippen molar-refractivity contribution >= 4 is 75.3 Å². The molecule has 2 atom stereocenters. The van der Waals surface area contributed by atoms with Crippen molar-refractivity contribution in [2.45, 2.75) is 84.5 Å². The van der Waals surface area contributed by atoms with E-state index >= 15 is 0 Å². The number of nitrogens with zero attached hydrogens (tertiary/aromatic N) is 5. The maximum absolute atomic E-state index is 13.9. The van der Waals surface area contributed by atoms with Crippen LogP contribution >= 0.6 is 35.2 Å². The first-order chi connectivity index (χ1) is 32.1. The Morgan fingerprint density at radius 1 is 0.955 bits per heavy atom. The average Bonchev–Trinajstić information content (AvgIpc) is 4.07. The molecular formula is C51H54ClN7O6S2. The lowest BCUT2D eigenvalue weighted by Crippen LogP contribution is -2.58. The van der Waals surface area contributed by atoms with Gasteiger partial charge in [0.15, 0.2) is 5.11 Å². The Morgan fingerprint density at radius 2 is 1.61 bits per heavy atom. The number of nitrogens with one attached hydrogen (secondary N) is 2. The maximum Gasteiger partial charge on any atom is 0.259 e. The smallest absolute Gasteiger partial charge is 0.259 e. The van der Waals surface area contributed by atoms with Crippen molar-refractivity contribution in [3.63, 3.8) is 0 Å². The van der Waals surface area contributed by atoms with E-state index in [0.29, 0.717) is 68.3 Å². The monoisotopic (exact) mass is 959 g/mol. The van der Waals surface area contributed by atoms with Crippen LogP contribution in [0.2, 0.25) is 5.02 Å². The van der Waals surface area contributed by atoms with Crippen LogP contribution in [0.1, 0.15) is 71.4 Å². The maximum atomic E-state index is 13.9. The number of rotatable bonds is 17. The van der Waals surface area contributed by atoms with Gasteiger partial charge in [0, 0.05) is 31.6 Å². The summed E-state index contributed by atoms with van der Waals surface area (Å²) < 4.78 is 11.7. The molecule has 2 N–H and O–H groups in total. The third-order valence-electron chi connectivity index (χ3n) is 11.9. The number of hydrogen-bond acceptors (Lipinski definition) is 10. The van der Waals surface area contributed by atoms with Gasteiger partial charge in [0.1, 0.15) is 36.0 Å². The van der Waals surface area contributed by atoms with Crippen molar-refractivity contribution in [3.8, 4) is 33.4 Å². The van der Waals surface area contributed by atoms with Gasteiger partial charge in [-0.3, -0.25) is 29.1 Å². The van der Waals surface area contributed by atoms with Gasteiger partial charge >= 0.3 is 0 Å². The van der Waals surface area contributed by atoms with E-state index in [1.54, 1.807) is 39.9 Å². The summed E-state index contributed by atoms with van der Waals surface area (Å²) >= 11 is 13.7. The number of thiocarbonyl (C=S) groups is 1. The van der Waals surface area contributed by atoms with E-state index in [9.17, 15) is 24.4 Å². The molecule has 0 radical (unpaired) electrons. The van der Waals surface area contributed by atoms with Crippen molar-refractivity contribution in [2.75, 3.05) is 36.2 Å². The average molecular weight is 961 g/mol. The summed E-state index contributed by atoms with van der Waals surface area (Å²) in [6.45, 7) is 10.7. The molecule has 0 aliphatic carbocycles. The minimum atomic E-state index is -0.962. The number of amides is 4. The number of halogens is 1. The molecule has 1 aromatic heterocycles. The molecule has 0 saturated carbocycles. The number of carbonyl (C=O) groups is 4. The van der Waals surface area contributed by atoms with Gasteiger partial charge in [-0.2, -0.15) is 5.26 Å². The van der Waals surface area contributed by atoms with E-state index in [1.165, 1.54) is 4.90 Å². The zero-order valence-corrected chi connectivity index (χ0v) is 40.6. The molecule has 0 spiro atoms. The zero-order chi connectivity index (χ0) is 47.9. The lowest BCUT2D eigenvalue weighted by molar-refractivity contribution is -0.144. The number of benzene rings is 4. The van der Waals surface area contributed by atoms with Gasteiger partial charge in [0.2, 0.25) is 17.7 Å². The van der Waals surface area contributed by atoms with Gasteiger partial charge in [-0.15, -0.1) is 11.3 Å². The number of hydrogen-bond donors (Lipinski definition) is 2. The Hall–Kier alpha value is -6.18. The number of likely N-dealkylation sites (tertiary alicyclic amines) is 1. The normalized spacial score (nSPS) is 16.2. The van der Waals surface area contributed by atoms with Crippen LogP contribution in [0.25, 0.3) is 21.6 Å². The van der Waals surface area contributed by atoms with Gasteiger partial charge in [-0.05, 0) is 122 Å². The first-order valence-electron chi connectivity index (χ1n) is 22.2. The van der Waals surface area contributed by atoms with Crippen LogP contribution in [0.4, 0.5) is 11.4 Å². The molecule has 0 bridgehead atoms. The number of nitriles is 1. The summed E-state index contributed by atoms with van der Waals surface area (Å²) in [5, 5.41) is 15.7. The number of anilines is 2. The van der Waals surface area contributed by atoms with E-state index in [-0.39, 0.29) is 29.4 Å². The molecule has 13 nitrogen and oxygen atoms in total. The molecule has 2 aliphatic rings. The fourth-order valence-electron chi connectivity index (χ4n) is 8.17. The largest absolute Gasteiger partial charge is 0.494 e. The second kappa shape index (κ2) is 21.2. The summed E-state index contributed by atoms with van der Waals surface area (Å²) in [5.74, 6) is -0.357. The second-order valence-electron chi connectivity index (χ2n) is 18.1.